The van der Waals surface area contributed by atoms with Crippen molar-refractivity contribution in [2.24, 2.45) is 4.99 Å². The molecule has 0 aliphatic carbocycles. The van der Waals surface area contributed by atoms with Crippen LogP contribution in [0, 0.1) is 0 Å². The summed E-state index contributed by atoms with van der Waals surface area (Å²) in [5.74, 6) is 0. The molecule has 0 aliphatic heterocycles. The molecule has 0 aromatic carbocycles. The van der Waals surface area contributed by atoms with Crippen molar-refractivity contribution in [1.82, 2.24) is 5.32 Å². The zero-order chi connectivity index (χ0) is 6.41. The highest BCUT2D eigenvalue weighted by molar-refractivity contribution is 6.39. The summed E-state index contributed by atoms with van der Waals surface area (Å²) in [5, 5.41) is 3.37. The van der Waals surface area contributed by atoms with E-state index in [0.717, 1.165) is 0 Å². The van der Waals surface area contributed by atoms with E-state index >= 15 is 0 Å². The van der Waals surface area contributed by atoms with Gasteiger partial charge in [-0.05, 0) is 0 Å². The third kappa shape index (κ3) is 3.68. The van der Waals surface area contributed by atoms with Crippen LogP contribution in [0.15, 0.2) is 16.2 Å². The lowest BCUT2D eigenvalue weighted by Gasteiger charge is -1.85. The molecule has 2 nitrogen and oxygen atoms in total. The lowest BCUT2D eigenvalue weighted by atomic mass is 10.6. The monoisotopic (exact) mass is 132 g/mol. The first-order valence-corrected chi connectivity index (χ1v) is 2.64. The molecule has 0 aliphatic rings. The van der Waals surface area contributed by atoms with Gasteiger partial charge in [-0.15, -0.1) is 0 Å². The summed E-state index contributed by atoms with van der Waals surface area (Å²) in [6, 6.07) is 0. The van der Waals surface area contributed by atoms with Crippen molar-refractivity contribution in [2.75, 3.05) is 14.1 Å². The molecule has 0 aromatic heterocycles. The highest BCUT2D eigenvalue weighted by atomic mass is 35.5. The molecule has 0 spiro atoms. The second kappa shape index (κ2) is 4.65. The van der Waals surface area contributed by atoms with E-state index in [0.29, 0.717) is 5.03 Å². The van der Waals surface area contributed by atoms with Crippen molar-refractivity contribution < 1.29 is 0 Å². The summed E-state index contributed by atoms with van der Waals surface area (Å²) in [7, 11) is 3.46. The molecule has 0 saturated heterocycles. The van der Waals surface area contributed by atoms with Gasteiger partial charge in [0, 0.05) is 26.5 Å². The largest absolute Gasteiger partial charge is 0.393 e. The minimum Gasteiger partial charge on any atom is -0.393 e. The van der Waals surface area contributed by atoms with Gasteiger partial charge in [-0.1, -0.05) is 11.6 Å². The Morgan fingerprint density at radius 3 is 2.75 bits per heavy atom. The topological polar surface area (TPSA) is 24.4 Å². The SMILES string of the molecule is CN=C/C(Cl)=C\NC. The lowest BCUT2D eigenvalue weighted by Crippen LogP contribution is -1.93. The van der Waals surface area contributed by atoms with E-state index in [-0.39, 0.29) is 0 Å². The predicted octanol–water partition coefficient (Wildman–Crippen LogP) is 0.987. The number of aliphatic imine (C=N–C) groups is 1. The van der Waals surface area contributed by atoms with Crippen molar-refractivity contribution in [3.63, 3.8) is 0 Å². The first kappa shape index (κ1) is 7.50. The van der Waals surface area contributed by atoms with Crippen molar-refractivity contribution in [3.8, 4) is 0 Å². The Bertz CT molecular complexity index is 107. The average molecular weight is 133 g/mol. The number of hydrogen-bond acceptors (Lipinski definition) is 2. The third-order valence-corrected chi connectivity index (χ3v) is 0.741. The molecule has 8 heavy (non-hydrogen) atoms. The molecule has 0 aromatic rings. The van der Waals surface area contributed by atoms with Crippen LogP contribution in [-0.2, 0) is 0 Å². The van der Waals surface area contributed by atoms with E-state index in [9.17, 15) is 0 Å². The molecule has 1 N–H and O–H groups in total. The number of nitrogens with one attached hydrogen (secondary N) is 1. The lowest BCUT2D eigenvalue weighted by molar-refractivity contribution is 1.10. The van der Waals surface area contributed by atoms with E-state index in [4.69, 9.17) is 11.6 Å². The molecule has 0 rings (SSSR count). The Hall–Kier alpha value is -0.500. The molecule has 46 valence electrons. The van der Waals surface area contributed by atoms with Crippen LogP contribution < -0.4 is 5.32 Å². The van der Waals surface area contributed by atoms with E-state index in [2.05, 4.69) is 10.3 Å². The molecule has 0 fully saturated rings. The van der Waals surface area contributed by atoms with Gasteiger partial charge in [-0.2, -0.15) is 0 Å². The molecule has 0 atom stereocenters. The summed E-state index contributed by atoms with van der Waals surface area (Å²) in [6.07, 6.45) is 3.23. The third-order valence-electron chi connectivity index (χ3n) is 0.535. The zero-order valence-corrected chi connectivity index (χ0v) is 5.74. The summed E-state index contributed by atoms with van der Waals surface area (Å²) < 4.78 is 0. The fraction of sp³-hybridized carbons (Fsp3) is 0.400. The Labute approximate surface area is 54.3 Å². The Morgan fingerprint density at radius 1 is 1.75 bits per heavy atom. The Morgan fingerprint density at radius 2 is 2.38 bits per heavy atom. The minimum atomic E-state index is 0.606. The smallest absolute Gasteiger partial charge is 0.0740 e. The average Bonchev–Trinajstić information content (AvgIpc) is 1.68. The van der Waals surface area contributed by atoms with Crippen molar-refractivity contribution in [3.05, 3.63) is 11.2 Å². The number of hydrogen-bond donors (Lipinski definition) is 1. The molecular weight excluding hydrogens is 124 g/mol. The molecule has 0 saturated carbocycles. The summed E-state index contributed by atoms with van der Waals surface area (Å²) >= 11 is 5.53. The van der Waals surface area contributed by atoms with Crippen LogP contribution in [0.4, 0.5) is 0 Å². The van der Waals surface area contributed by atoms with Crippen molar-refractivity contribution in [2.45, 2.75) is 0 Å². The van der Waals surface area contributed by atoms with Crippen LogP contribution in [0.5, 0.6) is 0 Å². The van der Waals surface area contributed by atoms with Crippen LogP contribution in [0.2, 0.25) is 0 Å². The molecule has 0 unspecified atom stereocenters. The maximum absolute atomic E-state index is 5.53. The van der Waals surface area contributed by atoms with Gasteiger partial charge in [0.2, 0.25) is 0 Å². The van der Waals surface area contributed by atoms with Gasteiger partial charge in [0.05, 0.1) is 5.03 Å². The Kier molecular flexibility index (Phi) is 4.36. The predicted molar refractivity (Wildman–Crippen MR) is 37.4 cm³/mol. The van der Waals surface area contributed by atoms with Crippen LogP contribution in [0.25, 0.3) is 0 Å². The highest BCUT2D eigenvalue weighted by Crippen LogP contribution is 1.92. The van der Waals surface area contributed by atoms with Gasteiger partial charge >= 0.3 is 0 Å². The molecule has 0 radical (unpaired) electrons. The van der Waals surface area contributed by atoms with E-state index < -0.39 is 0 Å². The summed E-state index contributed by atoms with van der Waals surface area (Å²) in [4.78, 5) is 3.69. The molecular formula is C5H9ClN2. The standard InChI is InChI=1S/C5H9ClN2/c1-7-3-5(6)4-8-2/h3-4,7H,1-2H3/b5-3+,8-4?. The minimum absolute atomic E-state index is 0.606. The van der Waals surface area contributed by atoms with Gasteiger partial charge in [-0.25, -0.2) is 0 Å². The number of nitrogens with zero attached hydrogens (tertiary/aromatic N) is 1. The first-order valence-electron chi connectivity index (χ1n) is 2.26. The van der Waals surface area contributed by atoms with Gasteiger partial charge in [-0.3, -0.25) is 4.99 Å². The quantitative estimate of drug-likeness (QED) is 0.557. The summed E-state index contributed by atoms with van der Waals surface area (Å²) in [6.45, 7) is 0. The Balaban J connectivity index is 3.61. The zero-order valence-electron chi connectivity index (χ0n) is 4.98. The van der Waals surface area contributed by atoms with Gasteiger partial charge < -0.3 is 5.32 Å². The van der Waals surface area contributed by atoms with Crippen molar-refractivity contribution in [1.29, 1.82) is 0 Å². The van der Waals surface area contributed by atoms with E-state index in [1.165, 1.54) is 0 Å². The van der Waals surface area contributed by atoms with Crippen LogP contribution >= 0.6 is 11.6 Å². The highest BCUT2D eigenvalue weighted by Gasteiger charge is 1.78. The maximum Gasteiger partial charge on any atom is 0.0740 e. The van der Waals surface area contributed by atoms with Gasteiger partial charge in [0.25, 0.3) is 0 Å². The molecule has 3 heteroatoms. The first-order chi connectivity index (χ1) is 3.81. The molecule has 0 bridgehead atoms. The second-order valence-corrected chi connectivity index (χ2v) is 1.64. The second-order valence-electron chi connectivity index (χ2n) is 1.21. The van der Waals surface area contributed by atoms with Gasteiger partial charge in [0.1, 0.15) is 0 Å². The van der Waals surface area contributed by atoms with Crippen LogP contribution in [-0.4, -0.2) is 20.3 Å². The molecule has 0 amide bonds. The van der Waals surface area contributed by atoms with Crippen LogP contribution in [0.3, 0.4) is 0 Å². The number of rotatable bonds is 2. The summed E-state index contributed by atoms with van der Waals surface area (Å²) in [5.41, 5.74) is 0. The van der Waals surface area contributed by atoms with E-state index in [1.807, 2.05) is 0 Å². The van der Waals surface area contributed by atoms with E-state index in [1.54, 1.807) is 26.5 Å². The number of allylic oxidation sites excluding steroid dienone is 1. The fourth-order valence-corrected chi connectivity index (χ4v) is 0.505. The van der Waals surface area contributed by atoms with Crippen LogP contribution in [0.1, 0.15) is 0 Å². The fourth-order valence-electron chi connectivity index (χ4n) is 0.298. The van der Waals surface area contributed by atoms with Crippen molar-refractivity contribution >= 4 is 17.8 Å². The molecule has 0 heterocycles. The normalized spacial score (nSPS) is 12.6. The maximum atomic E-state index is 5.53. The number of halogens is 1. The van der Waals surface area contributed by atoms with Gasteiger partial charge in [0.15, 0.2) is 0 Å².